The van der Waals surface area contributed by atoms with Crippen molar-refractivity contribution in [3.8, 4) is 23.0 Å². The van der Waals surface area contributed by atoms with Gasteiger partial charge in [0.15, 0.2) is 0 Å². The van der Waals surface area contributed by atoms with E-state index in [1.54, 1.807) is 6.07 Å². The summed E-state index contributed by atoms with van der Waals surface area (Å²) in [5, 5.41) is 21.3. The summed E-state index contributed by atoms with van der Waals surface area (Å²) in [6.07, 6.45) is 4.63. The number of nitrogens with zero attached hydrogens (tertiary/aromatic N) is 4. The summed E-state index contributed by atoms with van der Waals surface area (Å²) in [6.45, 7) is 3.74. The van der Waals surface area contributed by atoms with Crippen LogP contribution in [0.3, 0.4) is 0 Å². The van der Waals surface area contributed by atoms with E-state index in [9.17, 15) is 8.60 Å². The molecule has 7 nitrogen and oxygen atoms in total. The van der Waals surface area contributed by atoms with Gasteiger partial charge < -0.3 is 15.5 Å². The van der Waals surface area contributed by atoms with E-state index in [0.717, 1.165) is 61.2 Å². The second-order valence-electron chi connectivity index (χ2n) is 10.3. The van der Waals surface area contributed by atoms with Crippen LogP contribution in [0, 0.1) is 23.1 Å². The second kappa shape index (κ2) is 10.3. The summed E-state index contributed by atoms with van der Waals surface area (Å²) >= 11 is 0. The van der Waals surface area contributed by atoms with Crippen molar-refractivity contribution >= 4 is 22.3 Å². The number of hydrogen-bond donors (Lipinski definition) is 2. The molecule has 4 unspecified atom stereocenters. The maximum Gasteiger partial charge on any atom is 0.149 e. The molecule has 3 aliphatic rings. The number of halogens is 1. The van der Waals surface area contributed by atoms with Gasteiger partial charge in [-0.25, -0.2) is 9.07 Å². The van der Waals surface area contributed by atoms with Crippen LogP contribution in [0.5, 0.6) is 0 Å². The zero-order valence-corrected chi connectivity index (χ0v) is 21.5. The maximum atomic E-state index is 14.5. The quantitative estimate of drug-likeness (QED) is 0.512. The molecule has 0 aliphatic carbocycles. The molecule has 37 heavy (non-hydrogen) atoms. The Balaban J connectivity index is 1.28. The molecule has 4 heterocycles. The van der Waals surface area contributed by atoms with Gasteiger partial charge in [-0.3, -0.25) is 4.21 Å². The molecule has 0 radical (unpaired) electrons. The molecule has 1 aromatic heterocycles. The standard InChI is InChI=1S/C28H31FN6OS/c29-26-11-20(4-5-21(26)14-30)27-13-28(32-16-19-3-1-2-10-31-15-19)33-35(27)23-8-6-22(7-9-23)34-17-25-12-24(34)18-37(25)36/h4-9,11,13,19,24-25,31H,1-3,10,12,15-18H2,(H,32,33). The minimum Gasteiger partial charge on any atom is -0.368 e. The molecule has 3 saturated heterocycles. The van der Waals surface area contributed by atoms with Crippen LogP contribution >= 0.6 is 0 Å². The molecule has 6 rings (SSSR count). The van der Waals surface area contributed by atoms with Gasteiger partial charge in [0.2, 0.25) is 0 Å². The molecular formula is C28H31FN6OS. The molecule has 3 fully saturated rings. The molecule has 2 bridgehead atoms. The van der Waals surface area contributed by atoms with Gasteiger partial charge in [0.05, 0.1) is 22.2 Å². The van der Waals surface area contributed by atoms with Crippen molar-refractivity contribution in [1.82, 2.24) is 15.1 Å². The van der Waals surface area contributed by atoms with Crippen molar-refractivity contribution < 1.29 is 8.60 Å². The lowest BCUT2D eigenvalue weighted by Crippen LogP contribution is -2.38. The van der Waals surface area contributed by atoms with Gasteiger partial charge in [0.1, 0.15) is 17.7 Å². The van der Waals surface area contributed by atoms with Crippen molar-refractivity contribution in [3.05, 3.63) is 59.9 Å². The van der Waals surface area contributed by atoms with E-state index in [4.69, 9.17) is 10.4 Å². The van der Waals surface area contributed by atoms with Crippen molar-refractivity contribution in [2.24, 2.45) is 5.92 Å². The van der Waals surface area contributed by atoms with E-state index < -0.39 is 16.6 Å². The normalized spacial score (nSPS) is 25.1. The van der Waals surface area contributed by atoms with E-state index in [-0.39, 0.29) is 10.8 Å². The number of hydrogen-bond acceptors (Lipinski definition) is 6. The van der Waals surface area contributed by atoms with Gasteiger partial charge in [-0.15, -0.1) is 5.10 Å². The van der Waals surface area contributed by atoms with Crippen molar-refractivity contribution in [3.63, 3.8) is 0 Å². The Labute approximate surface area is 219 Å². The number of aromatic nitrogens is 2. The summed E-state index contributed by atoms with van der Waals surface area (Å²) in [5.74, 6) is 1.50. The first-order valence-corrected chi connectivity index (χ1v) is 14.5. The SMILES string of the molecule is N#Cc1ccc(-c2cc(NCC3CCCCNC3)nn2-c2ccc(N3CC4CC3CS4=O)cc2)cc1F. The zero-order chi connectivity index (χ0) is 25.4. The fourth-order valence-corrected chi connectivity index (χ4v) is 7.53. The van der Waals surface area contributed by atoms with E-state index in [0.29, 0.717) is 17.5 Å². The first-order chi connectivity index (χ1) is 18.1. The van der Waals surface area contributed by atoms with Crippen LogP contribution in [0.25, 0.3) is 16.9 Å². The predicted octanol–water partition coefficient (Wildman–Crippen LogP) is 4.06. The van der Waals surface area contributed by atoms with Crippen LogP contribution < -0.4 is 15.5 Å². The van der Waals surface area contributed by atoms with Crippen LogP contribution in [0.4, 0.5) is 15.9 Å². The number of anilines is 2. The van der Waals surface area contributed by atoms with Crippen LogP contribution in [-0.4, -0.2) is 57.2 Å². The molecule has 0 saturated carbocycles. The lowest BCUT2D eigenvalue weighted by atomic mass is 10.0. The molecular weight excluding hydrogens is 487 g/mol. The third-order valence-corrected chi connectivity index (χ3v) is 9.64. The van der Waals surface area contributed by atoms with Crippen molar-refractivity contribution in [2.45, 2.75) is 37.0 Å². The summed E-state index contributed by atoms with van der Waals surface area (Å²) in [5.41, 5.74) is 3.45. The Bertz CT molecular complexity index is 1340. The first-order valence-electron chi connectivity index (χ1n) is 13.1. The minimum atomic E-state index is -0.688. The lowest BCUT2D eigenvalue weighted by molar-refractivity contribution is 0.502. The Morgan fingerprint density at radius 1 is 1.16 bits per heavy atom. The average molecular weight is 519 g/mol. The lowest BCUT2D eigenvalue weighted by Gasteiger charge is -2.28. The molecule has 0 spiro atoms. The highest BCUT2D eigenvalue weighted by Gasteiger charge is 2.43. The van der Waals surface area contributed by atoms with E-state index in [1.807, 2.05) is 29.0 Å². The molecule has 9 heteroatoms. The fourth-order valence-electron chi connectivity index (χ4n) is 5.80. The number of rotatable bonds is 6. The van der Waals surface area contributed by atoms with Gasteiger partial charge in [-0.1, -0.05) is 12.5 Å². The highest BCUT2D eigenvalue weighted by molar-refractivity contribution is 7.86. The molecule has 4 atom stereocenters. The monoisotopic (exact) mass is 518 g/mol. The number of nitriles is 1. The highest BCUT2D eigenvalue weighted by Crippen LogP contribution is 2.35. The van der Waals surface area contributed by atoms with Crippen LogP contribution in [0.1, 0.15) is 31.2 Å². The molecule has 2 N–H and O–H groups in total. The predicted molar refractivity (Wildman–Crippen MR) is 145 cm³/mol. The van der Waals surface area contributed by atoms with Crippen molar-refractivity contribution in [1.29, 1.82) is 5.26 Å². The largest absolute Gasteiger partial charge is 0.368 e. The van der Waals surface area contributed by atoms with Gasteiger partial charge >= 0.3 is 0 Å². The topological polar surface area (TPSA) is 86.0 Å². The average Bonchev–Trinajstić information content (AvgIpc) is 3.56. The molecule has 2 aromatic carbocycles. The Morgan fingerprint density at radius 2 is 2.00 bits per heavy atom. The Morgan fingerprint density at radius 3 is 2.73 bits per heavy atom. The number of fused-ring (bicyclic) bond motifs is 2. The van der Waals surface area contributed by atoms with Crippen LogP contribution in [0.2, 0.25) is 0 Å². The fraction of sp³-hybridized carbons (Fsp3) is 0.429. The van der Waals surface area contributed by atoms with Crippen molar-refractivity contribution in [2.75, 3.05) is 42.1 Å². The zero-order valence-electron chi connectivity index (χ0n) is 20.7. The molecule has 0 amide bonds. The first kappa shape index (κ1) is 24.1. The van der Waals surface area contributed by atoms with Gasteiger partial charge in [-0.2, -0.15) is 5.26 Å². The summed E-state index contributed by atoms with van der Waals surface area (Å²) in [4.78, 5) is 2.36. The Hall–Kier alpha value is -3.22. The minimum absolute atomic E-state index is 0.0271. The van der Waals surface area contributed by atoms with Gasteiger partial charge in [-0.05, 0) is 74.7 Å². The molecule has 3 aliphatic heterocycles. The maximum absolute atomic E-state index is 14.5. The number of nitrogens with one attached hydrogen (secondary N) is 2. The van der Waals surface area contributed by atoms with Crippen LogP contribution in [0.15, 0.2) is 48.5 Å². The summed E-state index contributed by atoms with van der Waals surface area (Å²) in [6, 6.07) is 17.1. The smallest absolute Gasteiger partial charge is 0.149 e. The molecule has 3 aromatic rings. The van der Waals surface area contributed by atoms with Gasteiger partial charge in [0, 0.05) is 53.0 Å². The van der Waals surface area contributed by atoms with E-state index in [2.05, 4.69) is 27.7 Å². The molecule has 192 valence electrons. The van der Waals surface area contributed by atoms with Gasteiger partial charge in [0.25, 0.3) is 0 Å². The third kappa shape index (κ3) is 4.88. The van der Waals surface area contributed by atoms with E-state index >= 15 is 0 Å². The second-order valence-corrected chi connectivity index (χ2v) is 12.1. The van der Waals surface area contributed by atoms with Crippen LogP contribution in [-0.2, 0) is 10.8 Å². The third-order valence-electron chi connectivity index (χ3n) is 7.85. The Kier molecular flexibility index (Phi) is 6.70. The van der Waals surface area contributed by atoms with E-state index in [1.165, 1.54) is 31.4 Å². The number of benzene rings is 2. The summed E-state index contributed by atoms with van der Waals surface area (Å²) in [7, 11) is -0.688. The summed E-state index contributed by atoms with van der Waals surface area (Å²) < 4.78 is 28.4. The highest BCUT2D eigenvalue weighted by atomic mass is 32.2.